The molecule has 0 radical (unpaired) electrons. The van der Waals surface area contributed by atoms with Crippen molar-refractivity contribution >= 4 is 11.6 Å². The van der Waals surface area contributed by atoms with Gasteiger partial charge < -0.3 is 15.4 Å². The lowest BCUT2D eigenvalue weighted by molar-refractivity contribution is -0.132. The molecule has 0 aliphatic heterocycles. The number of anilines is 1. The highest BCUT2D eigenvalue weighted by Crippen LogP contribution is 2.12. The van der Waals surface area contributed by atoms with E-state index in [1.54, 1.807) is 24.3 Å². The lowest BCUT2D eigenvalue weighted by Crippen LogP contribution is -2.35. The second-order valence-corrected chi connectivity index (χ2v) is 3.42. The average Bonchev–Trinajstić information content (AvgIpc) is 2.37. The van der Waals surface area contributed by atoms with Gasteiger partial charge in [0.1, 0.15) is 18.8 Å². The highest BCUT2D eigenvalue weighted by Gasteiger charge is 2.13. The molecule has 0 heterocycles. The van der Waals surface area contributed by atoms with Gasteiger partial charge >= 0.3 is 0 Å². The Morgan fingerprint density at radius 1 is 1.22 bits per heavy atom. The van der Waals surface area contributed by atoms with Crippen molar-refractivity contribution in [3.63, 3.8) is 0 Å². The summed E-state index contributed by atoms with van der Waals surface area (Å²) in [6, 6.07) is 10.2. The quantitative estimate of drug-likeness (QED) is 0.600. The SMILES string of the molecule is N#CCN(CC#N)C(=O)COc1ccc(N)cc1. The zero-order chi connectivity index (χ0) is 13.4. The maximum absolute atomic E-state index is 11.6. The summed E-state index contributed by atoms with van der Waals surface area (Å²) in [5, 5.41) is 17.0. The van der Waals surface area contributed by atoms with Crippen molar-refractivity contribution in [3.8, 4) is 17.9 Å². The molecule has 6 heteroatoms. The third-order valence-corrected chi connectivity index (χ3v) is 2.12. The lowest BCUT2D eigenvalue weighted by atomic mass is 10.3. The van der Waals surface area contributed by atoms with Crippen LogP contribution in [-0.2, 0) is 4.79 Å². The van der Waals surface area contributed by atoms with Crippen LogP contribution < -0.4 is 10.5 Å². The normalized spacial score (nSPS) is 9.00. The summed E-state index contributed by atoms with van der Waals surface area (Å²) >= 11 is 0. The first-order chi connectivity index (χ1) is 8.67. The Morgan fingerprint density at radius 2 is 1.78 bits per heavy atom. The van der Waals surface area contributed by atoms with Crippen LogP contribution in [0.5, 0.6) is 5.75 Å². The Kier molecular flexibility index (Phi) is 5.01. The molecule has 0 aromatic heterocycles. The van der Waals surface area contributed by atoms with Crippen LogP contribution in [0.25, 0.3) is 0 Å². The highest BCUT2D eigenvalue weighted by atomic mass is 16.5. The first-order valence-corrected chi connectivity index (χ1v) is 5.17. The number of carbonyl (C=O) groups is 1. The Morgan fingerprint density at radius 3 is 2.28 bits per heavy atom. The van der Waals surface area contributed by atoms with Crippen molar-refractivity contribution in [2.24, 2.45) is 0 Å². The van der Waals surface area contributed by atoms with Gasteiger partial charge in [0, 0.05) is 5.69 Å². The van der Waals surface area contributed by atoms with E-state index in [9.17, 15) is 4.79 Å². The summed E-state index contributed by atoms with van der Waals surface area (Å²) in [5.41, 5.74) is 6.11. The molecule has 0 atom stereocenters. The highest BCUT2D eigenvalue weighted by molar-refractivity contribution is 5.78. The Balaban J connectivity index is 2.52. The van der Waals surface area contributed by atoms with Crippen LogP contribution in [-0.4, -0.2) is 30.5 Å². The van der Waals surface area contributed by atoms with E-state index in [1.807, 2.05) is 12.1 Å². The minimum absolute atomic E-state index is 0.127. The number of nitrogen functional groups attached to an aromatic ring is 1. The van der Waals surface area contributed by atoms with Gasteiger partial charge in [0.2, 0.25) is 0 Å². The molecule has 0 aliphatic rings. The van der Waals surface area contributed by atoms with Crippen molar-refractivity contribution < 1.29 is 9.53 Å². The first-order valence-electron chi connectivity index (χ1n) is 5.17. The predicted molar refractivity (Wildman–Crippen MR) is 64.2 cm³/mol. The van der Waals surface area contributed by atoms with E-state index in [0.29, 0.717) is 11.4 Å². The van der Waals surface area contributed by atoms with E-state index >= 15 is 0 Å². The van der Waals surface area contributed by atoms with Crippen LogP contribution in [0.2, 0.25) is 0 Å². The summed E-state index contributed by atoms with van der Waals surface area (Å²) in [6.07, 6.45) is 0. The Bertz CT molecular complexity index is 468. The van der Waals surface area contributed by atoms with Gasteiger partial charge in [-0.3, -0.25) is 4.79 Å². The molecule has 1 rings (SSSR count). The van der Waals surface area contributed by atoms with Crippen molar-refractivity contribution in [2.75, 3.05) is 25.4 Å². The number of benzene rings is 1. The molecule has 0 aliphatic carbocycles. The molecule has 0 saturated heterocycles. The lowest BCUT2D eigenvalue weighted by Gasteiger charge is -2.15. The van der Waals surface area contributed by atoms with Gasteiger partial charge in [0.05, 0.1) is 12.1 Å². The van der Waals surface area contributed by atoms with Crippen LogP contribution in [0.4, 0.5) is 5.69 Å². The van der Waals surface area contributed by atoms with E-state index < -0.39 is 5.91 Å². The molecule has 18 heavy (non-hydrogen) atoms. The third kappa shape index (κ3) is 4.03. The molecule has 92 valence electrons. The number of nitrogens with two attached hydrogens (primary N) is 1. The molecule has 0 fully saturated rings. The first kappa shape index (κ1) is 13.3. The fraction of sp³-hybridized carbons (Fsp3) is 0.250. The molecule has 0 spiro atoms. The van der Waals surface area contributed by atoms with Crippen molar-refractivity contribution in [1.29, 1.82) is 10.5 Å². The monoisotopic (exact) mass is 244 g/mol. The number of nitrogens with zero attached hydrogens (tertiary/aromatic N) is 3. The average molecular weight is 244 g/mol. The largest absolute Gasteiger partial charge is 0.484 e. The molecule has 0 saturated carbocycles. The number of ether oxygens (including phenoxy) is 1. The van der Waals surface area contributed by atoms with E-state index in [4.69, 9.17) is 21.0 Å². The van der Waals surface area contributed by atoms with E-state index in [-0.39, 0.29) is 19.7 Å². The molecule has 0 bridgehead atoms. The summed E-state index contributed by atoms with van der Waals surface area (Å²) in [7, 11) is 0. The molecule has 2 N–H and O–H groups in total. The third-order valence-electron chi connectivity index (χ3n) is 2.12. The zero-order valence-electron chi connectivity index (χ0n) is 9.67. The second-order valence-electron chi connectivity index (χ2n) is 3.42. The van der Waals surface area contributed by atoms with Gasteiger partial charge in [-0.15, -0.1) is 0 Å². The number of hydrogen-bond acceptors (Lipinski definition) is 5. The molecular weight excluding hydrogens is 232 g/mol. The zero-order valence-corrected chi connectivity index (χ0v) is 9.67. The molecular formula is C12H12N4O2. The summed E-state index contributed by atoms with van der Waals surface area (Å²) in [4.78, 5) is 12.8. The van der Waals surface area contributed by atoms with Crippen LogP contribution in [0.1, 0.15) is 0 Å². The molecule has 1 aromatic rings. The van der Waals surface area contributed by atoms with Gasteiger partial charge in [-0.2, -0.15) is 10.5 Å². The smallest absolute Gasteiger partial charge is 0.262 e. The van der Waals surface area contributed by atoms with Crippen molar-refractivity contribution in [1.82, 2.24) is 4.90 Å². The van der Waals surface area contributed by atoms with Crippen molar-refractivity contribution in [2.45, 2.75) is 0 Å². The van der Waals surface area contributed by atoms with Gasteiger partial charge in [0.15, 0.2) is 6.61 Å². The fourth-order valence-corrected chi connectivity index (χ4v) is 1.20. The Labute approximate surface area is 105 Å². The summed E-state index contributed by atoms with van der Waals surface area (Å²) < 4.78 is 5.23. The number of amides is 1. The Hall–Kier alpha value is -2.73. The minimum Gasteiger partial charge on any atom is -0.484 e. The van der Waals surface area contributed by atoms with Gasteiger partial charge in [-0.25, -0.2) is 0 Å². The van der Waals surface area contributed by atoms with Crippen LogP contribution in [0.3, 0.4) is 0 Å². The number of carbonyl (C=O) groups excluding carboxylic acids is 1. The van der Waals surface area contributed by atoms with E-state index in [0.717, 1.165) is 4.90 Å². The molecule has 0 unspecified atom stereocenters. The molecule has 6 nitrogen and oxygen atoms in total. The maximum Gasteiger partial charge on any atom is 0.262 e. The number of rotatable bonds is 5. The van der Waals surface area contributed by atoms with Gasteiger partial charge in [0.25, 0.3) is 5.91 Å². The van der Waals surface area contributed by atoms with Gasteiger partial charge in [-0.1, -0.05) is 0 Å². The second kappa shape index (κ2) is 6.77. The van der Waals surface area contributed by atoms with Crippen molar-refractivity contribution in [3.05, 3.63) is 24.3 Å². The van der Waals surface area contributed by atoms with E-state index in [2.05, 4.69) is 0 Å². The molecule has 1 aromatic carbocycles. The van der Waals surface area contributed by atoms with E-state index in [1.165, 1.54) is 0 Å². The number of hydrogen-bond donors (Lipinski definition) is 1. The standard InChI is InChI=1S/C12H12N4O2/c13-5-7-16(8-6-14)12(17)9-18-11-3-1-10(15)2-4-11/h1-4H,7-9,15H2. The fourth-order valence-electron chi connectivity index (χ4n) is 1.20. The number of nitriles is 2. The topological polar surface area (TPSA) is 103 Å². The minimum atomic E-state index is -0.407. The summed E-state index contributed by atoms with van der Waals surface area (Å²) in [5.74, 6) is 0.0985. The molecule has 1 amide bonds. The predicted octanol–water partition coefficient (Wildman–Crippen LogP) is 0.523. The maximum atomic E-state index is 11.6. The van der Waals surface area contributed by atoms with Crippen LogP contribution in [0.15, 0.2) is 24.3 Å². The van der Waals surface area contributed by atoms with Crippen LogP contribution >= 0.6 is 0 Å². The van der Waals surface area contributed by atoms with Gasteiger partial charge in [-0.05, 0) is 24.3 Å². The van der Waals surface area contributed by atoms with Crippen LogP contribution in [0, 0.1) is 22.7 Å². The summed E-state index contributed by atoms with van der Waals surface area (Å²) in [6.45, 7) is -0.470.